The molecule has 160 valence electrons. The quantitative estimate of drug-likeness (QED) is 0.521. The zero-order chi connectivity index (χ0) is 22.5. The second-order valence-electron chi connectivity index (χ2n) is 7.13. The molecular weight excluding hydrogens is 422 g/mol. The van der Waals surface area contributed by atoms with Crippen LogP contribution in [0, 0.1) is 12.3 Å². The van der Waals surface area contributed by atoms with Gasteiger partial charge in [-0.1, -0.05) is 54.1 Å². The molecule has 0 unspecified atom stereocenters. The summed E-state index contributed by atoms with van der Waals surface area (Å²) in [4.78, 5) is 27.0. The second kappa shape index (κ2) is 9.53. The first-order valence-corrected chi connectivity index (χ1v) is 10.8. The Morgan fingerprint density at radius 1 is 1.03 bits per heavy atom. The van der Waals surface area contributed by atoms with Gasteiger partial charge >= 0.3 is 0 Å². The number of carbonyl (C=O) groups excluding carboxylic acids is 2. The van der Waals surface area contributed by atoms with Crippen LogP contribution in [0.1, 0.15) is 11.1 Å². The topological polar surface area (TPSA) is 82.5 Å². The zero-order valence-electron chi connectivity index (χ0n) is 17.4. The Kier molecular flexibility index (Phi) is 6.37. The Labute approximate surface area is 190 Å². The van der Waals surface area contributed by atoms with Gasteiger partial charge < -0.3 is 10.1 Å². The summed E-state index contributed by atoms with van der Waals surface area (Å²) in [6, 6.07) is 23.8. The minimum absolute atomic E-state index is 0.142. The summed E-state index contributed by atoms with van der Waals surface area (Å²) in [7, 11) is 0. The maximum atomic E-state index is 12.9. The van der Waals surface area contributed by atoms with E-state index in [2.05, 4.69) is 5.32 Å². The highest BCUT2D eigenvalue weighted by Gasteiger charge is 2.33. The van der Waals surface area contributed by atoms with E-state index in [0.717, 1.165) is 17.3 Å². The van der Waals surface area contributed by atoms with Crippen LogP contribution in [-0.4, -0.2) is 23.6 Å². The van der Waals surface area contributed by atoms with E-state index in [1.165, 1.54) is 4.90 Å². The van der Waals surface area contributed by atoms with Gasteiger partial charge in [-0.05, 0) is 55.1 Å². The highest BCUT2D eigenvalue weighted by atomic mass is 32.2. The molecule has 1 saturated heterocycles. The number of para-hydroxylation sites is 2. The van der Waals surface area contributed by atoms with Crippen molar-refractivity contribution < 1.29 is 14.3 Å². The average Bonchev–Trinajstić information content (AvgIpc) is 3.08. The molecule has 3 aromatic rings. The predicted octanol–water partition coefficient (Wildman–Crippen LogP) is 5.07. The Bertz CT molecular complexity index is 1190. The van der Waals surface area contributed by atoms with Gasteiger partial charge in [0.05, 0.1) is 10.6 Å². The van der Waals surface area contributed by atoms with E-state index in [9.17, 15) is 9.59 Å². The number of anilines is 2. The first-order valence-electron chi connectivity index (χ1n) is 9.97. The fourth-order valence-corrected chi connectivity index (χ4v) is 4.00. The van der Waals surface area contributed by atoms with Gasteiger partial charge in [0.25, 0.3) is 11.8 Å². The molecule has 3 aromatic carbocycles. The molecule has 1 heterocycles. The first kappa shape index (κ1) is 21.4. The third kappa shape index (κ3) is 4.90. The molecule has 7 heteroatoms. The fourth-order valence-electron chi connectivity index (χ4n) is 3.15. The van der Waals surface area contributed by atoms with Gasteiger partial charge in [-0.15, -0.1) is 0 Å². The van der Waals surface area contributed by atoms with Crippen molar-refractivity contribution in [3.8, 4) is 5.75 Å². The number of rotatable bonds is 6. The van der Waals surface area contributed by atoms with Crippen molar-refractivity contribution in [2.45, 2.75) is 6.92 Å². The number of aryl methyl sites for hydroxylation is 1. The van der Waals surface area contributed by atoms with E-state index in [4.69, 9.17) is 10.1 Å². The van der Waals surface area contributed by atoms with E-state index in [1.54, 1.807) is 30.3 Å². The lowest BCUT2D eigenvalue weighted by Crippen LogP contribution is -2.27. The van der Waals surface area contributed by atoms with Crippen LogP contribution in [-0.2, 0) is 9.59 Å². The molecule has 1 aliphatic rings. The molecule has 32 heavy (non-hydrogen) atoms. The van der Waals surface area contributed by atoms with Crippen molar-refractivity contribution in [1.82, 2.24) is 0 Å². The van der Waals surface area contributed by atoms with Crippen LogP contribution in [0.25, 0.3) is 6.08 Å². The lowest BCUT2D eigenvalue weighted by atomic mass is 10.2. The van der Waals surface area contributed by atoms with Gasteiger partial charge in [0.2, 0.25) is 0 Å². The fraction of sp³-hybridized carbons (Fsp3) is 0.0800. The van der Waals surface area contributed by atoms with E-state index in [-0.39, 0.29) is 23.6 Å². The monoisotopic (exact) mass is 443 g/mol. The van der Waals surface area contributed by atoms with Gasteiger partial charge in [0.1, 0.15) is 5.75 Å². The predicted molar refractivity (Wildman–Crippen MR) is 129 cm³/mol. The Hall–Kier alpha value is -3.84. The molecule has 2 amide bonds. The standard InChI is InChI=1S/C25H21N3O3S/c1-17-11-13-19(14-12-17)27-23(29)16-31-21-10-6-5-7-18(21)15-22-24(30)28(25(26)32-22)20-8-3-2-4-9-20/h2-15,26H,16H2,1H3,(H,27,29)/b22-15-,26-25?. The maximum Gasteiger partial charge on any atom is 0.271 e. The number of nitrogens with one attached hydrogen (secondary N) is 2. The highest BCUT2D eigenvalue weighted by molar-refractivity contribution is 8.19. The molecule has 0 saturated carbocycles. The molecule has 1 aliphatic heterocycles. The van der Waals surface area contributed by atoms with E-state index in [1.807, 2.05) is 61.5 Å². The molecular formula is C25H21N3O3S. The summed E-state index contributed by atoms with van der Waals surface area (Å²) in [5.74, 6) is -0.0603. The van der Waals surface area contributed by atoms with E-state index >= 15 is 0 Å². The van der Waals surface area contributed by atoms with E-state index in [0.29, 0.717) is 27.6 Å². The number of thioether (sulfide) groups is 1. The second-order valence-corrected chi connectivity index (χ2v) is 8.16. The van der Waals surface area contributed by atoms with Crippen molar-refractivity contribution in [3.05, 3.63) is 94.9 Å². The molecule has 0 bridgehead atoms. The lowest BCUT2D eigenvalue weighted by molar-refractivity contribution is -0.118. The van der Waals surface area contributed by atoms with Crippen molar-refractivity contribution in [2.75, 3.05) is 16.8 Å². The van der Waals surface area contributed by atoms with Crippen LogP contribution in [0.5, 0.6) is 5.75 Å². The number of ether oxygens (including phenoxy) is 1. The zero-order valence-corrected chi connectivity index (χ0v) is 18.2. The number of nitrogens with zero attached hydrogens (tertiary/aromatic N) is 1. The molecule has 0 radical (unpaired) electrons. The van der Waals surface area contributed by atoms with Crippen LogP contribution >= 0.6 is 11.8 Å². The third-order valence-corrected chi connectivity index (χ3v) is 5.63. The Morgan fingerprint density at radius 2 is 1.72 bits per heavy atom. The summed E-state index contributed by atoms with van der Waals surface area (Å²) in [6.07, 6.45) is 1.69. The number of hydrogen-bond acceptors (Lipinski definition) is 5. The Morgan fingerprint density at radius 3 is 2.47 bits per heavy atom. The van der Waals surface area contributed by atoms with Gasteiger partial charge in [-0.25, -0.2) is 0 Å². The van der Waals surface area contributed by atoms with Gasteiger partial charge in [0.15, 0.2) is 11.8 Å². The van der Waals surface area contributed by atoms with Crippen LogP contribution in [0.4, 0.5) is 11.4 Å². The highest BCUT2D eigenvalue weighted by Crippen LogP contribution is 2.36. The van der Waals surface area contributed by atoms with Gasteiger partial charge in [-0.3, -0.25) is 19.9 Å². The number of carbonyl (C=O) groups is 2. The maximum absolute atomic E-state index is 12.9. The minimum Gasteiger partial charge on any atom is -0.483 e. The van der Waals surface area contributed by atoms with Gasteiger partial charge in [0, 0.05) is 11.3 Å². The van der Waals surface area contributed by atoms with Gasteiger partial charge in [-0.2, -0.15) is 0 Å². The molecule has 0 aliphatic carbocycles. The summed E-state index contributed by atoms with van der Waals surface area (Å²) < 4.78 is 5.73. The van der Waals surface area contributed by atoms with Crippen LogP contribution in [0.15, 0.2) is 83.8 Å². The molecule has 4 rings (SSSR count). The first-order chi connectivity index (χ1) is 15.5. The van der Waals surface area contributed by atoms with Crippen LogP contribution in [0.2, 0.25) is 0 Å². The number of benzene rings is 3. The normalized spacial score (nSPS) is 14.7. The van der Waals surface area contributed by atoms with Crippen molar-refractivity contribution in [3.63, 3.8) is 0 Å². The largest absolute Gasteiger partial charge is 0.483 e. The molecule has 0 aromatic heterocycles. The summed E-state index contributed by atoms with van der Waals surface area (Å²) in [6.45, 7) is 1.81. The summed E-state index contributed by atoms with van der Waals surface area (Å²) in [5.41, 5.74) is 3.12. The van der Waals surface area contributed by atoms with Crippen molar-refractivity contribution in [1.29, 1.82) is 5.41 Å². The molecule has 1 fully saturated rings. The number of hydrogen-bond donors (Lipinski definition) is 2. The van der Waals surface area contributed by atoms with Crippen molar-refractivity contribution >= 4 is 46.2 Å². The lowest BCUT2D eigenvalue weighted by Gasteiger charge is -2.13. The number of amides is 2. The van der Waals surface area contributed by atoms with Crippen molar-refractivity contribution in [2.24, 2.45) is 0 Å². The molecule has 6 nitrogen and oxygen atoms in total. The molecule has 2 N–H and O–H groups in total. The smallest absolute Gasteiger partial charge is 0.271 e. The van der Waals surface area contributed by atoms with Crippen LogP contribution < -0.4 is 15.0 Å². The van der Waals surface area contributed by atoms with E-state index < -0.39 is 0 Å². The SMILES string of the molecule is Cc1ccc(NC(=O)COc2ccccc2/C=C2\SC(=N)N(c3ccccc3)C2=O)cc1. The Balaban J connectivity index is 1.47. The molecule has 0 atom stereocenters. The third-order valence-electron chi connectivity index (χ3n) is 4.74. The molecule has 0 spiro atoms. The number of amidine groups is 1. The average molecular weight is 444 g/mol. The summed E-state index contributed by atoms with van der Waals surface area (Å²) in [5, 5.41) is 11.2. The summed E-state index contributed by atoms with van der Waals surface area (Å²) >= 11 is 1.09. The minimum atomic E-state index is -0.278. The van der Waals surface area contributed by atoms with Crippen LogP contribution in [0.3, 0.4) is 0 Å².